The monoisotopic (exact) mass is 369 g/mol. The Morgan fingerprint density at radius 1 is 0.955 bits per heavy atom. The standard InChI is InChI=1S/C9H12O.C9H7.2ClH.Ti/c1-6-4-7(2)9(10)8(3)5-6;1-2-5-9-7-3-6-8(9)4-1;;;/h4-5,10H,1-3H3;1-7H;2*1H;/q;-1;;;+2/p-2. The molecule has 0 saturated heterocycles. The number of fused-ring (bicyclic) bond motifs is 1. The third-order valence-electron chi connectivity index (χ3n) is 3.18. The van der Waals surface area contributed by atoms with Gasteiger partial charge < -0.3 is 5.11 Å². The van der Waals surface area contributed by atoms with Crippen molar-refractivity contribution in [1.29, 1.82) is 0 Å². The summed E-state index contributed by atoms with van der Waals surface area (Å²) in [5, 5.41) is 12.0. The van der Waals surface area contributed by atoms with E-state index < -0.39 is 17.0 Å². The molecule has 0 aliphatic rings. The number of halogens is 2. The van der Waals surface area contributed by atoms with Gasteiger partial charge in [0, 0.05) is 0 Å². The van der Waals surface area contributed by atoms with Gasteiger partial charge in [0.1, 0.15) is 5.75 Å². The summed E-state index contributed by atoms with van der Waals surface area (Å²) in [6.07, 6.45) is 0. The summed E-state index contributed by atoms with van der Waals surface area (Å²) in [5.74, 6) is 0.422. The topological polar surface area (TPSA) is 20.2 Å². The van der Waals surface area contributed by atoms with E-state index >= 15 is 0 Å². The number of rotatable bonds is 0. The molecule has 0 aromatic heterocycles. The third kappa shape index (κ3) is 6.10. The van der Waals surface area contributed by atoms with Gasteiger partial charge in [-0.1, -0.05) is 23.8 Å². The fraction of sp³-hybridized carbons (Fsp3) is 0.167. The summed E-state index contributed by atoms with van der Waals surface area (Å²) in [4.78, 5) is 0. The molecule has 22 heavy (non-hydrogen) atoms. The number of hydrogen-bond donors (Lipinski definition) is 1. The largest absolute Gasteiger partial charge is 0.168 e. The van der Waals surface area contributed by atoms with Crippen molar-refractivity contribution in [2.45, 2.75) is 20.8 Å². The number of phenols is 1. The number of phenolic OH excluding ortho intramolecular Hbond substituents is 1. The molecule has 116 valence electrons. The summed E-state index contributed by atoms with van der Waals surface area (Å²) in [7, 11) is 9.78. The Morgan fingerprint density at radius 2 is 1.50 bits per heavy atom. The van der Waals surface area contributed by atoms with E-state index in [2.05, 4.69) is 42.5 Å². The molecule has 4 heteroatoms. The van der Waals surface area contributed by atoms with Gasteiger partial charge in [0.05, 0.1) is 0 Å². The van der Waals surface area contributed by atoms with Gasteiger partial charge >= 0.3 is 35.6 Å². The minimum atomic E-state index is -0.556. The van der Waals surface area contributed by atoms with Crippen LogP contribution in [0.1, 0.15) is 16.7 Å². The van der Waals surface area contributed by atoms with Crippen molar-refractivity contribution in [3.8, 4) is 5.75 Å². The predicted molar refractivity (Wildman–Crippen MR) is 93.6 cm³/mol. The van der Waals surface area contributed by atoms with E-state index in [1.165, 1.54) is 16.3 Å². The first-order valence-electron chi connectivity index (χ1n) is 6.83. The zero-order valence-electron chi connectivity index (χ0n) is 12.9. The van der Waals surface area contributed by atoms with Crippen LogP contribution in [0.25, 0.3) is 10.8 Å². The van der Waals surface area contributed by atoms with Crippen molar-refractivity contribution in [1.82, 2.24) is 0 Å². The maximum Gasteiger partial charge on any atom is -0.0809 e. The number of benzene rings is 2. The van der Waals surface area contributed by atoms with E-state index in [-0.39, 0.29) is 0 Å². The molecule has 0 unspecified atom stereocenters. The van der Waals surface area contributed by atoms with E-state index in [9.17, 15) is 5.11 Å². The molecule has 3 rings (SSSR count). The molecule has 3 aromatic carbocycles. The van der Waals surface area contributed by atoms with Crippen LogP contribution in [0.2, 0.25) is 0 Å². The molecule has 0 atom stereocenters. The summed E-state index contributed by atoms with van der Waals surface area (Å²) < 4.78 is 0. The molecule has 0 fully saturated rings. The van der Waals surface area contributed by atoms with Crippen molar-refractivity contribution in [3.63, 3.8) is 0 Å². The van der Waals surface area contributed by atoms with Crippen LogP contribution < -0.4 is 0 Å². The Hall–Kier alpha value is -0.856. The number of hydrogen-bond acceptors (Lipinski definition) is 1. The van der Waals surface area contributed by atoms with Crippen LogP contribution in [0.5, 0.6) is 5.75 Å². The third-order valence-corrected chi connectivity index (χ3v) is 3.18. The maximum absolute atomic E-state index is 9.33. The van der Waals surface area contributed by atoms with Crippen molar-refractivity contribution in [3.05, 3.63) is 71.3 Å². The van der Waals surface area contributed by atoms with Crippen LogP contribution in [-0.4, -0.2) is 5.11 Å². The molecule has 0 radical (unpaired) electrons. The van der Waals surface area contributed by atoms with Gasteiger partial charge in [0.25, 0.3) is 0 Å². The van der Waals surface area contributed by atoms with Crippen molar-refractivity contribution in [2.24, 2.45) is 0 Å². The van der Waals surface area contributed by atoms with Gasteiger partial charge in [-0.2, -0.15) is 17.5 Å². The number of aromatic hydroxyl groups is 1. The summed E-state index contributed by atoms with van der Waals surface area (Å²) in [5.41, 5.74) is 3.11. The molecule has 0 amide bonds. The average Bonchev–Trinajstić information content (AvgIpc) is 2.94. The average molecular weight is 370 g/mol. The van der Waals surface area contributed by atoms with Crippen LogP contribution in [-0.2, 0) is 17.0 Å². The fourth-order valence-corrected chi connectivity index (χ4v) is 2.24. The normalized spacial score (nSPS) is 9.32. The van der Waals surface area contributed by atoms with Crippen molar-refractivity contribution < 1.29 is 22.1 Å². The predicted octanol–water partition coefficient (Wildman–Crippen LogP) is 6.25. The Kier molecular flexibility index (Phi) is 8.74. The van der Waals surface area contributed by atoms with Crippen molar-refractivity contribution in [2.75, 3.05) is 0 Å². The van der Waals surface area contributed by atoms with E-state index in [4.69, 9.17) is 18.6 Å². The smallest absolute Gasteiger partial charge is 0.0809 e. The molecule has 3 aromatic rings. The van der Waals surface area contributed by atoms with Gasteiger partial charge in [-0.05, 0) is 31.9 Å². The molecule has 0 aliphatic heterocycles. The van der Waals surface area contributed by atoms with E-state index in [1.54, 1.807) is 0 Å². The second-order valence-electron chi connectivity index (χ2n) is 4.97. The quantitative estimate of drug-likeness (QED) is 0.366. The van der Waals surface area contributed by atoms with Crippen LogP contribution in [0.3, 0.4) is 0 Å². The summed E-state index contributed by atoms with van der Waals surface area (Å²) in [6, 6.07) is 18.6. The molecule has 0 aliphatic carbocycles. The molecule has 0 bridgehead atoms. The van der Waals surface area contributed by atoms with Gasteiger partial charge in [-0.15, -0.1) is 29.7 Å². The van der Waals surface area contributed by atoms with Crippen LogP contribution in [0, 0.1) is 20.8 Å². The Morgan fingerprint density at radius 3 is 2.05 bits per heavy atom. The van der Waals surface area contributed by atoms with E-state index in [0.29, 0.717) is 5.75 Å². The zero-order chi connectivity index (χ0) is 16.5. The molecule has 1 N–H and O–H groups in total. The van der Waals surface area contributed by atoms with Gasteiger partial charge in [0.15, 0.2) is 0 Å². The van der Waals surface area contributed by atoms with Gasteiger partial charge in [-0.3, -0.25) is 0 Å². The van der Waals surface area contributed by atoms with Crippen molar-refractivity contribution >= 4 is 29.4 Å². The van der Waals surface area contributed by atoms with Crippen LogP contribution in [0.4, 0.5) is 0 Å². The SMILES string of the molecule is Cc1cc(C)c(O)c(C)c1.[Cl][Ti][Cl].c1ccc2[cH-]ccc2c1. The molecule has 0 spiro atoms. The van der Waals surface area contributed by atoms with Crippen LogP contribution >= 0.6 is 18.6 Å². The first-order chi connectivity index (χ1) is 10.5. The molecular weight excluding hydrogens is 351 g/mol. The first-order valence-corrected chi connectivity index (χ1v) is 11.1. The summed E-state index contributed by atoms with van der Waals surface area (Å²) >= 11 is -0.556. The molecule has 0 saturated carbocycles. The Bertz CT molecular complexity index is 654. The molecule has 0 heterocycles. The minimum Gasteiger partial charge on any atom is -0.168 e. The Balaban J connectivity index is 0.000000188. The van der Waals surface area contributed by atoms with Gasteiger partial charge in [-0.25, -0.2) is 0 Å². The fourth-order valence-electron chi connectivity index (χ4n) is 2.24. The Labute approximate surface area is 148 Å². The molecular formula is C18H19Cl2OTi-. The second kappa shape index (κ2) is 10.0. The minimum absolute atomic E-state index is 0.422. The summed E-state index contributed by atoms with van der Waals surface area (Å²) in [6.45, 7) is 5.85. The van der Waals surface area contributed by atoms with E-state index in [1.807, 2.05) is 32.9 Å². The maximum atomic E-state index is 9.33. The molecule has 1 nitrogen and oxygen atoms in total. The van der Waals surface area contributed by atoms with E-state index in [0.717, 1.165) is 11.1 Å². The number of aryl methyl sites for hydroxylation is 3. The second-order valence-corrected chi connectivity index (χ2v) is 7.55. The zero-order valence-corrected chi connectivity index (χ0v) is 16.0. The van der Waals surface area contributed by atoms with Crippen LogP contribution in [0.15, 0.2) is 54.6 Å². The first kappa shape index (κ1) is 19.2. The van der Waals surface area contributed by atoms with Gasteiger partial charge in [0.2, 0.25) is 0 Å².